The summed E-state index contributed by atoms with van der Waals surface area (Å²) in [7, 11) is -4.19. The van der Waals surface area contributed by atoms with Crippen LogP contribution in [0.3, 0.4) is 0 Å². The molecule has 0 aliphatic rings. The van der Waals surface area contributed by atoms with Crippen molar-refractivity contribution in [2.45, 2.75) is 18.1 Å². The molecule has 0 spiro atoms. The van der Waals surface area contributed by atoms with Crippen LogP contribution in [0.5, 0.6) is 11.5 Å². The number of aliphatic hydroxyl groups is 1. The second-order valence-electron chi connectivity index (χ2n) is 6.40. The Hall–Kier alpha value is -3.57. The van der Waals surface area contributed by atoms with Gasteiger partial charge in [-0.05, 0) is 41.1 Å². The Balaban J connectivity index is 1.72. The highest BCUT2D eigenvalue weighted by atomic mass is 32.2. The van der Waals surface area contributed by atoms with Gasteiger partial charge in [-0.3, -0.25) is 0 Å². The predicted molar refractivity (Wildman–Crippen MR) is 114 cm³/mol. The summed E-state index contributed by atoms with van der Waals surface area (Å²) in [4.78, 5) is 9.02. The summed E-state index contributed by atoms with van der Waals surface area (Å²) in [5.41, 5.74) is 11.2. The van der Waals surface area contributed by atoms with Gasteiger partial charge in [-0.2, -0.15) is 8.42 Å². The van der Waals surface area contributed by atoms with Crippen LogP contribution in [-0.4, -0.2) is 37.7 Å². The molecule has 0 saturated carbocycles. The number of fused-ring (bicyclic) bond motifs is 1. The van der Waals surface area contributed by atoms with E-state index < -0.39 is 10.1 Å². The fraction of sp³-hybridized carbons (Fsp3) is 0.200. The maximum atomic E-state index is 12.7. The van der Waals surface area contributed by atoms with Gasteiger partial charge in [0.05, 0.1) is 18.7 Å². The minimum Gasteiger partial charge on any atom is -0.493 e. The van der Waals surface area contributed by atoms with Crippen LogP contribution < -0.4 is 20.4 Å². The number of aliphatic hydroxyl groups excluding tert-OH is 1. The molecule has 10 nitrogen and oxygen atoms in total. The number of nitrogens with two attached hydrogens (primary N) is 2. The Morgan fingerprint density at radius 3 is 2.58 bits per heavy atom. The van der Waals surface area contributed by atoms with Gasteiger partial charge >= 0.3 is 10.1 Å². The van der Waals surface area contributed by atoms with Gasteiger partial charge in [0.1, 0.15) is 18.1 Å². The average Bonchev–Trinajstić information content (AvgIpc) is 2.75. The molecular formula is C20H22N4O6S. The molecule has 31 heavy (non-hydrogen) atoms. The van der Waals surface area contributed by atoms with Crippen LogP contribution in [0, 0.1) is 0 Å². The van der Waals surface area contributed by atoms with Gasteiger partial charge in [0.25, 0.3) is 0 Å². The lowest BCUT2D eigenvalue weighted by atomic mass is 10.2. The first-order valence-corrected chi connectivity index (χ1v) is 10.7. The van der Waals surface area contributed by atoms with E-state index in [1.807, 2.05) is 12.1 Å². The first-order valence-electron chi connectivity index (χ1n) is 9.26. The molecule has 2 aromatic carbocycles. The first-order chi connectivity index (χ1) is 14.9. The summed E-state index contributed by atoms with van der Waals surface area (Å²) >= 11 is 0. The van der Waals surface area contributed by atoms with E-state index in [-0.39, 0.29) is 36.6 Å². The third kappa shape index (κ3) is 6.20. The van der Waals surface area contributed by atoms with Crippen LogP contribution in [0.4, 0.5) is 0 Å². The smallest absolute Gasteiger partial charge is 0.356 e. The summed E-state index contributed by atoms with van der Waals surface area (Å²) in [5.74, 6) is 0.138. The van der Waals surface area contributed by atoms with Crippen LogP contribution in [0.1, 0.15) is 12.0 Å². The van der Waals surface area contributed by atoms with E-state index in [1.165, 1.54) is 18.2 Å². The number of hydrogen-bond acceptors (Lipinski definition) is 8. The Kier molecular flexibility index (Phi) is 7.11. The minimum atomic E-state index is -4.19. The zero-order chi connectivity index (χ0) is 22.3. The highest BCUT2D eigenvalue weighted by molar-refractivity contribution is 7.87. The van der Waals surface area contributed by atoms with Crippen LogP contribution in [0.2, 0.25) is 0 Å². The molecule has 164 valence electrons. The fourth-order valence-electron chi connectivity index (χ4n) is 2.64. The lowest BCUT2D eigenvalue weighted by Crippen LogP contribution is -2.23. The molecule has 0 fully saturated rings. The topological polar surface area (TPSA) is 159 Å². The molecule has 0 bridgehead atoms. The van der Waals surface area contributed by atoms with Gasteiger partial charge in [-0.25, -0.2) is 4.98 Å². The Morgan fingerprint density at radius 2 is 1.81 bits per heavy atom. The van der Waals surface area contributed by atoms with Crippen LogP contribution in [0.15, 0.2) is 64.8 Å². The molecule has 1 aromatic heterocycles. The highest BCUT2D eigenvalue weighted by Crippen LogP contribution is 2.26. The average molecular weight is 446 g/mol. The summed E-state index contributed by atoms with van der Waals surface area (Å²) in [6, 6.07) is 14.6. The summed E-state index contributed by atoms with van der Waals surface area (Å²) in [6.45, 7) is 0.145. The lowest BCUT2D eigenvalue weighted by molar-refractivity contribution is 0.127. The number of hydrogen-bond donors (Lipinski definition) is 3. The maximum absolute atomic E-state index is 12.7. The second kappa shape index (κ2) is 9.96. The zero-order valence-electron chi connectivity index (χ0n) is 16.5. The zero-order valence-corrected chi connectivity index (χ0v) is 17.3. The van der Waals surface area contributed by atoms with Gasteiger partial charge in [0.15, 0.2) is 5.03 Å². The van der Waals surface area contributed by atoms with Crippen molar-refractivity contribution in [3.05, 3.63) is 60.2 Å². The minimum absolute atomic E-state index is 0.00624. The van der Waals surface area contributed by atoms with Gasteiger partial charge in [0, 0.05) is 17.9 Å². The number of rotatable bonds is 10. The second-order valence-corrected chi connectivity index (χ2v) is 7.90. The molecule has 0 atom stereocenters. The van der Waals surface area contributed by atoms with Crippen molar-refractivity contribution < 1.29 is 27.3 Å². The van der Waals surface area contributed by atoms with E-state index in [0.717, 1.165) is 5.39 Å². The molecule has 11 heteroatoms. The third-order valence-corrected chi connectivity index (χ3v) is 5.13. The normalized spacial score (nSPS) is 11.1. The largest absolute Gasteiger partial charge is 0.493 e. The molecule has 0 aliphatic carbocycles. The van der Waals surface area contributed by atoms with E-state index in [9.17, 15) is 13.5 Å². The van der Waals surface area contributed by atoms with Crippen molar-refractivity contribution in [2.24, 2.45) is 16.6 Å². The predicted octanol–water partition coefficient (Wildman–Crippen LogP) is 1.47. The number of nitrogens with zero attached hydrogens (tertiary/aromatic N) is 2. The van der Waals surface area contributed by atoms with E-state index >= 15 is 0 Å². The fourth-order valence-corrected chi connectivity index (χ4v) is 3.52. The Labute approximate surface area is 179 Å². The van der Waals surface area contributed by atoms with Gasteiger partial charge in [-0.15, -0.1) is 0 Å². The van der Waals surface area contributed by atoms with E-state index in [1.54, 1.807) is 24.3 Å². The third-order valence-electron chi connectivity index (χ3n) is 3.98. The Bertz CT molecular complexity index is 1180. The van der Waals surface area contributed by atoms with Crippen molar-refractivity contribution in [2.75, 3.05) is 13.2 Å². The molecule has 0 saturated heterocycles. The monoisotopic (exact) mass is 446 g/mol. The molecule has 0 radical (unpaired) electrons. The van der Waals surface area contributed by atoms with Crippen LogP contribution in [-0.2, 0) is 21.6 Å². The molecule has 3 aromatic rings. The number of para-hydroxylation sites is 1. The quantitative estimate of drug-likeness (QED) is 0.138. The molecule has 5 N–H and O–H groups in total. The van der Waals surface area contributed by atoms with Gasteiger partial charge in [0.2, 0.25) is 5.96 Å². The summed E-state index contributed by atoms with van der Waals surface area (Å²) < 4.78 is 36.2. The number of guanidine groups is 1. The molecule has 1 heterocycles. The summed E-state index contributed by atoms with van der Waals surface area (Å²) in [6.07, 6.45) is 0.468. The highest BCUT2D eigenvalue weighted by Gasteiger charge is 2.20. The van der Waals surface area contributed by atoms with Crippen LogP contribution in [0.25, 0.3) is 10.9 Å². The SMILES string of the molecule is NC(N)=NOCCCOc1cc(CO)cc(OS(=O)(=O)c2ccc3ccccc3n2)c1. The van der Waals surface area contributed by atoms with Gasteiger partial charge in [-0.1, -0.05) is 18.2 Å². The van der Waals surface area contributed by atoms with Gasteiger partial charge < -0.3 is 30.3 Å². The van der Waals surface area contributed by atoms with Crippen molar-refractivity contribution in [1.29, 1.82) is 0 Å². The van der Waals surface area contributed by atoms with Crippen molar-refractivity contribution in [3.63, 3.8) is 0 Å². The van der Waals surface area contributed by atoms with Crippen molar-refractivity contribution in [3.8, 4) is 11.5 Å². The molecular weight excluding hydrogens is 424 g/mol. The Morgan fingerprint density at radius 1 is 1.03 bits per heavy atom. The number of pyridine rings is 1. The number of ether oxygens (including phenoxy) is 1. The first kappa shape index (κ1) is 22.1. The van der Waals surface area contributed by atoms with E-state index in [4.69, 9.17) is 25.2 Å². The number of benzene rings is 2. The van der Waals surface area contributed by atoms with Crippen molar-refractivity contribution in [1.82, 2.24) is 4.98 Å². The molecule has 0 unspecified atom stereocenters. The van der Waals surface area contributed by atoms with Crippen molar-refractivity contribution >= 4 is 27.0 Å². The maximum Gasteiger partial charge on any atom is 0.356 e. The van der Waals surface area contributed by atoms with Crippen LogP contribution >= 0.6 is 0 Å². The molecule has 3 rings (SSSR count). The summed E-state index contributed by atoms with van der Waals surface area (Å²) in [5, 5.41) is 13.5. The standard InChI is InChI=1S/C20H22N4O6S/c21-20(22)24-29-9-3-8-28-16-10-14(13-25)11-17(12-16)30-31(26,27)19-7-6-15-4-1-2-5-18(15)23-19/h1-2,4-7,10-12,25H,3,8-9,13H2,(H4,21,22,24). The molecule has 0 amide bonds. The lowest BCUT2D eigenvalue weighted by Gasteiger charge is -2.12. The van der Waals surface area contributed by atoms with E-state index in [0.29, 0.717) is 23.3 Å². The number of aromatic nitrogens is 1. The molecule has 0 aliphatic heterocycles. The van der Waals surface area contributed by atoms with E-state index in [2.05, 4.69) is 10.1 Å². The number of oxime groups is 1.